The van der Waals surface area contributed by atoms with Gasteiger partial charge in [0.2, 0.25) is 0 Å². The van der Waals surface area contributed by atoms with Gasteiger partial charge in [-0.2, -0.15) is 0 Å². The number of para-hydroxylation sites is 1. The second kappa shape index (κ2) is 27.3. The van der Waals surface area contributed by atoms with Crippen molar-refractivity contribution in [1.82, 2.24) is 63.3 Å². The van der Waals surface area contributed by atoms with Crippen LogP contribution < -0.4 is 49.7 Å². The number of nitrogens with zero attached hydrogens (tertiary/aromatic N) is 9. The van der Waals surface area contributed by atoms with Gasteiger partial charge in [0, 0.05) is 88.1 Å². The number of carbonyl (C=O) groups excluding carboxylic acids is 3. The molecule has 7 N–H and O–H groups in total. The minimum Gasteiger partial charge on any atom is -0.339 e. The second-order valence-corrected chi connectivity index (χ2v) is 23.2. The van der Waals surface area contributed by atoms with Crippen LogP contribution in [0.2, 0.25) is 0 Å². The van der Waals surface area contributed by atoms with Gasteiger partial charge in [0.25, 0.3) is 16.7 Å². The average molecular weight is 1220 g/mol. The summed E-state index contributed by atoms with van der Waals surface area (Å²) >= 11 is 3.17. The first-order valence-electron chi connectivity index (χ1n) is 27.6. The number of amides is 6. The summed E-state index contributed by atoms with van der Waals surface area (Å²) in [6, 6.07) is 12.4. The zero-order valence-electron chi connectivity index (χ0n) is 50.3. The molecular formula is C60H70N16O9S2. The summed E-state index contributed by atoms with van der Waals surface area (Å²) in [6.45, 7) is 34.4. The van der Waals surface area contributed by atoms with Crippen LogP contribution >= 0.6 is 22.7 Å². The summed E-state index contributed by atoms with van der Waals surface area (Å²) in [5.41, 5.74) is 6.50. The Morgan fingerprint density at radius 3 is 1.56 bits per heavy atom. The fraction of sp³-hybridized carbons (Fsp3) is 0.300. The van der Waals surface area contributed by atoms with Gasteiger partial charge < -0.3 is 30.9 Å². The molecule has 456 valence electrons. The first kappa shape index (κ1) is 64.5. The zero-order chi connectivity index (χ0) is 63.9. The maximum atomic E-state index is 11.9. The highest BCUT2D eigenvalue weighted by molar-refractivity contribution is 7.11. The molecule has 6 amide bonds. The normalized spacial score (nSPS) is 13.4. The highest BCUT2D eigenvalue weighted by Crippen LogP contribution is 2.37. The van der Waals surface area contributed by atoms with Crippen molar-refractivity contribution < 1.29 is 14.4 Å². The molecule has 0 fully saturated rings. The SMILES string of the molecule is C=C1c2ccccc2NC(=O)N1C(C)C.C=C1c2cscc2NC(=O)N1C(C)C.C=C1c2sccc2NC(=O)N1C(C)C.CC(C)n1c(=O)[nH]c2ccncc2c1=O.CC(C)n1c(=O)[nH]c2cnccc2c1=O.CC(C)n1c(=O)[nH]c2nc[nH]c2c1=O. The van der Waals surface area contributed by atoms with E-state index in [0.29, 0.717) is 33.0 Å². The topological polar surface area (TPSA) is 316 Å². The Balaban J connectivity index is 0.000000149. The standard InChI is InChI=1S/C12H14N2O.2C10H11N3O2.2C10H12N2OS.C8H10N4O2/c1-8(2)14-9(3)10-6-4-5-7-11(10)13-12(14)15;1-6(2)13-9(14)7-5-11-4-3-8(7)12-10(13)15;1-6(2)13-9(14)7-3-4-11-5-8(7)12-10(13)15;1-6(2)12-7(3)8-4-14-5-9(8)11-10(12)13;1-6(2)12-7(3)9-8(4-5-14-9)11-10(12)13;1-4(2)12-7(13)5-6(10-3-9-5)11-8(12)14/h4-8H,3H2,1-2H3,(H,13,15);2*3-6H,1-2H3,(H,12,15);2*4-6H,3H2,1-2H3,(H,11,13);3-4H,1-2H3,(H,9,10)(H,11,14). The predicted molar refractivity (Wildman–Crippen MR) is 346 cm³/mol. The molecule has 0 spiro atoms. The molecule has 25 nitrogen and oxygen atoms in total. The van der Waals surface area contributed by atoms with Crippen molar-refractivity contribution >= 4 is 108 Å². The molecule has 3 aliphatic heterocycles. The fourth-order valence-electron chi connectivity index (χ4n) is 9.48. The van der Waals surface area contributed by atoms with Crippen LogP contribution in [0.5, 0.6) is 0 Å². The molecule has 0 bridgehead atoms. The smallest absolute Gasteiger partial charge is 0.330 e. The van der Waals surface area contributed by atoms with Crippen LogP contribution in [0.1, 0.15) is 117 Å². The second-order valence-electron chi connectivity index (χ2n) is 21.5. The summed E-state index contributed by atoms with van der Waals surface area (Å²) in [6.07, 6.45) is 7.39. The Labute approximate surface area is 506 Å². The van der Waals surface area contributed by atoms with E-state index in [-0.39, 0.29) is 76.7 Å². The molecule has 0 radical (unpaired) electrons. The molecule has 27 heteroatoms. The molecular weight excluding hydrogens is 1150 g/mol. The molecule has 0 saturated heterocycles. The quantitative estimate of drug-likeness (QED) is 0.0818. The van der Waals surface area contributed by atoms with E-state index < -0.39 is 11.4 Å². The van der Waals surface area contributed by atoms with Crippen LogP contribution in [-0.2, 0) is 0 Å². The number of hydrogen-bond donors (Lipinski definition) is 7. The van der Waals surface area contributed by atoms with Crippen molar-refractivity contribution in [2.24, 2.45) is 0 Å². The molecule has 12 rings (SSSR count). The molecule has 0 atom stereocenters. The number of fused-ring (bicyclic) bond motifs is 6. The number of anilines is 3. The Bertz CT molecular complexity index is 4270. The lowest BCUT2D eigenvalue weighted by Crippen LogP contribution is -2.41. The van der Waals surface area contributed by atoms with Crippen LogP contribution in [0.4, 0.5) is 31.4 Å². The number of rotatable bonds is 6. The summed E-state index contributed by atoms with van der Waals surface area (Å²) in [4.78, 5) is 133. The lowest BCUT2D eigenvalue weighted by atomic mass is 10.1. The van der Waals surface area contributed by atoms with Crippen molar-refractivity contribution in [3.63, 3.8) is 0 Å². The number of aromatic nitrogens is 10. The van der Waals surface area contributed by atoms with E-state index in [4.69, 9.17) is 0 Å². The van der Waals surface area contributed by atoms with Gasteiger partial charge in [-0.15, -0.1) is 22.7 Å². The fourth-order valence-corrected chi connectivity index (χ4v) is 11.1. The number of H-pyrrole nitrogens is 4. The van der Waals surface area contributed by atoms with E-state index in [1.165, 1.54) is 40.2 Å². The van der Waals surface area contributed by atoms with Crippen LogP contribution in [0.3, 0.4) is 0 Å². The number of nitrogens with one attached hydrogen (secondary N) is 7. The third-order valence-corrected chi connectivity index (χ3v) is 15.2. The Morgan fingerprint density at radius 1 is 0.471 bits per heavy atom. The van der Waals surface area contributed by atoms with Gasteiger partial charge in [-0.3, -0.25) is 57.7 Å². The first-order valence-corrected chi connectivity index (χ1v) is 29.4. The highest BCUT2D eigenvalue weighted by atomic mass is 32.1. The molecule has 0 unspecified atom stereocenters. The molecule has 1 aromatic carbocycles. The van der Waals surface area contributed by atoms with Crippen LogP contribution in [0, 0.1) is 0 Å². The molecule has 11 heterocycles. The maximum Gasteiger partial charge on any atom is 0.330 e. The summed E-state index contributed by atoms with van der Waals surface area (Å²) in [5.74, 6) is 0. The lowest BCUT2D eigenvalue weighted by molar-refractivity contribution is 0.221. The summed E-state index contributed by atoms with van der Waals surface area (Å²) < 4.78 is 3.53. The van der Waals surface area contributed by atoms with Crippen LogP contribution in [0.25, 0.3) is 50.1 Å². The zero-order valence-corrected chi connectivity index (χ0v) is 51.9. The largest absolute Gasteiger partial charge is 0.339 e. The van der Waals surface area contributed by atoms with E-state index >= 15 is 0 Å². The number of urea groups is 3. The Morgan fingerprint density at radius 2 is 0.966 bits per heavy atom. The summed E-state index contributed by atoms with van der Waals surface area (Å²) in [5, 5.41) is 15.3. The van der Waals surface area contributed by atoms with E-state index in [1.54, 1.807) is 91.0 Å². The number of imidazole rings is 1. The molecule has 0 saturated carbocycles. The van der Waals surface area contributed by atoms with E-state index in [9.17, 15) is 43.2 Å². The predicted octanol–water partition coefficient (Wildman–Crippen LogP) is 10.2. The third-order valence-electron chi connectivity index (χ3n) is 13.5. The minimum atomic E-state index is -0.426. The Hall–Kier alpha value is -10.0. The number of pyridine rings is 2. The van der Waals surface area contributed by atoms with Gasteiger partial charge in [0.1, 0.15) is 5.52 Å². The third kappa shape index (κ3) is 13.9. The monoisotopic (exact) mass is 1220 g/mol. The van der Waals surface area contributed by atoms with E-state index in [0.717, 1.165) is 54.7 Å². The number of hydrogen-bond acceptors (Lipinski definition) is 14. The van der Waals surface area contributed by atoms with Crippen LogP contribution in [0.15, 0.2) is 138 Å². The van der Waals surface area contributed by atoms with E-state index in [2.05, 4.69) is 70.6 Å². The van der Waals surface area contributed by atoms with Gasteiger partial charge >= 0.3 is 35.2 Å². The molecule has 0 aliphatic carbocycles. The highest BCUT2D eigenvalue weighted by Gasteiger charge is 2.31. The first-order chi connectivity index (χ1) is 41.2. The minimum absolute atomic E-state index is 0.0871. The molecule has 87 heavy (non-hydrogen) atoms. The van der Waals surface area contributed by atoms with Crippen LogP contribution in [-0.4, -0.2) is 99.5 Å². The number of thiophene rings is 2. The van der Waals surface area contributed by atoms with E-state index in [1.807, 2.05) is 88.0 Å². The van der Waals surface area contributed by atoms with Gasteiger partial charge in [0.05, 0.1) is 62.0 Å². The number of benzene rings is 1. The lowest BCUT2D eigenvalue weighted by Gasteiger charge is -2.34. The van der Waals surface area contributed by atoms with Gasteiger partial charge in [-0.25, -0.2) is 33.8 Å². The van der Waals surface area contributed by atoms with Gasteiger partial charge in [-0.1, -0.05) is 37.9 Å². The van der Waals surface area contributed by atoms with Crippen molar-refractivity contribution in [2.75, 3.05) is 16.0 Å². The summed E-state index contributed by atoms with van der Waals surface area (Å²) in [7, 11) is 0. The van der Waals surface area contributed by atoms with Crippen molar-refractivity contribution in [1.29, 1.82) is 0 Å². The van der Waals surface area contributed by atoms with Crippen molar-refractivity contribution in [2.45, 2.75) is 119 Å². The Kier molecular flexibility index (Phi) is 20.3. The van der Waals surface area contributed by atoms with Crippen molar-refractivity contribution in [3.05, 3.63) is 188 Å². The number of aromatic amines is 4. The van der Waals surface area contributed by atoms with Crippen molar-refractivity contribution in [3.8, 4) is 0 Å². The maximum absolute atomic E-state index is 11.9. The molecule has 3 aliphatic rings. The van der Waals surface area contributed by atoms with Gasteiger partial charge in [-0.05, 0) is 113 Å². The molecule has 8 aromatic heterocycles. The average Bonchev–Trinajstić information content (AvgIpc) is 2.04. The molecule has 9 aromatic rings. The van der Waals surface area contributed by atoms with Gasteiger partial charge in [0.15, 0.2) is 5.65 Å². The number of carbonyl (C=O) groups is 3.